The maximum absolute atomic E-state index is 12.4. The summed E-state index contributed by atoms with van der Waals surface area (Å²) < 4.78 is 0. The van der Waals surface area contributed by atoms with E-state index in [0.717, 1.165) is 32.5 Å². The fourth-order valence-corrected chi connectivity index (χ4v) is 3.54. The predicted octanol–water partition coefficient (Wildman–Crippen LogP) is 3.83. The molecule has 25 heavy (non-hydrogen) atoms. The van der Waals surface area contributed by atoms with Gasteiger partial charge in [0.15, 0.2) is 0 Å². The largest absolute Gasteiger partial charge is 0.352 e. The van der Waals surface area contributed by atoms with Crippen molar-refractivity contribution in [2.24, 2.45) is 5.92 Å². The fraction of sp³-hybridized carbons (Fsp3) is 0.409. The third kappa shape index (κ3) is 4.93. The van der Waals surface area contributed by atoms with Crippen molar-refractivity contribution in [3.05, 3.63) is 70.8 Å². The summed E-state index contributed by atoms with van der Waals surface area (Å²) in [4.78, 5) is 14.9. The van der Waals surface area contributed by atoms with Gasteiger partial charge < -0.3 is 5.32 Å². The number of aryl methyl sites for hydroxylation is 2. The van der Waals surface area contributed by atoms with E-state index < -0.39 is 0 Å². The van der Waals surface area contributed by atoms with Gasteiger partial charge in [-0.2, -0.15) is 0 Å². The van der Waals surface area contributed by atoms with Crippen molar-refractivity contribution in [3.63, 3.8) is 0 Å². The Morgan fingerprint density at radius 2 is 1.84 bits per heavy atom. The molecule has 1 N–H and O–H groups in total. The van der Waals surface area contributed by atoms with Gasteiger partial charge in [0.25, 0.3) is 0 Å². The molecule has 3 rings (SSSR count). The van der Waals surface area contributed by atoms with Crippen molar-refractivity contribution in [1.29, 1.82) is 0 Å². The molecule has 0 atom stereocenters. The van der Waals surface area contributed by atoms with Crippen LogP contribution in [0.25, 0.3) is 0 Å². The molecule has 1 aliphatic heterocycles. The summed E-state index contributed by atoms with van der Waals surface area (Å²) >= 11 is 0. The third-order valence-electron chi connectivity index (χ3n) is 5.16. The van der Waals surface area contributed by atoms with E-state index in [1.165, 1.54) is 22.3 Å². The fourth-order valence-electron chi connectivity index (χ4n) is 3.54. The molecule has 3 nitrogen and oxygen atoms in total. The lowest BCUT2D eigenvalue weighted by atomic mass is 9.95. The van der Waals surface area contributed by atoms with Crippen LogP contribution in [0.15, 0.2) is 48.5 Å². The molecule has 0 aromatic heterocycles. The molecule has 0 bridgehead atoms. The van der Waals surface area contributed by atoms with Gasteiger partial charge >= 0.3 is 0 Å². The molecule has 0 spiro atoms. The van der Waals surface area contributed by atoms with Gasteiger partial charge in [-0.05, 0) is 56.5 Å². The monoisotopic (exact) mass is 336 g/mol. The molecule has 1 aliphatic rings. The second-order valence-corrected chi connectivity index (χ2v) is 7.18. The number of benzene rings is 2. The van der Waals surface area contributed by atoms with Crippen LogP contribution in [0.1, 0.15) is 35.1 Å². The number of carbonyl (C=O) groups is 1. The first kappa shape index (κ1) is 17.7. The van der Waals surface area contributed by atoms with E-state index in [1.807, 2.05) is 6.07 Å². The lowest BCUT2D eigenvalue weighted by Gasteiger charge is -2.31. The van der Waals surface area contributed by atoms with E-state index in [9.17, 15) is 4.79 Å². The Balaban J connectivity index is 1.45. The van der Waals surface area contributed by atoms with E-state index >= 15 is 0 Å². The van der Waals surface area contributed by atoms with Gasteiger partial charge in [0.2, 0.25) is 5.91 Å². The number of nitrogens with one attached hydrogen (secondary N) is 1. The minimum atomic E-state index is 0.151. The van der Waals surface area contributed by atoms with Crippen LogP contribution in [-0.2, 0) is 17.9 Å². The van der Waals surface area contributed by atoms with Gasteiger partial charge in [-0.3, -0.25) is 9.69 Å². The van der Waals surface area contributed by atoms with Crippen LogP contribution in [0, 0.1) is 19.8 Å². The van der Waals surface area contributed by atoms with Gasteiger partial charge in [-0.15, -0.1) is 0 Å². The summed E-state index contributed by atoms with van der Waals surface area (Å²) in [6.07, 6.45) is 1.90. The van der Waals surface area contributed by atoms with Gasteiger partial charge in [0.1, 0.15) is 0 Å². The SMILES string of the molecule is Cc1cccc(CNC(=O)C2CCN(Cc3ccccc3C)CC2)c1. The van der Waals surface area contributed by atoms with E-state index in [-0.39, 0.29) is 11.8 Å². The highest BCUT2D eigenvalue weighted by molar-refractivity contribution is 5.78. The second kappa shape index (κ2) is 8.30. The topological polar surface area (TPSA) is 32.3 Å². The smallest absolute Gasteiger partial charge is 0.223 e. The Hall–Kier alpha value is -2.13. The van der Waals surface area contributed by atoms with Crippen LogP contribution >= 0.6 is 0 Å². The zero-order chi connectivity index (χ0) is 17.6. The number of likely N-dealkylation sites (tertiary alicyclic amines) is 1. The number of carbonyl (C=O) groups excluding carboxylic acids is 1. The summed E-state index contributed by atoms with van der Waals surface area (Å²) in [5.74, 6) is 0.356. The average Bonchev–Trinajstić information content (AvgIpc) is 2.62. The van der Waals surface area contributed by atoms with Crippen molar-refractivity contribution in [1.82, 2.24) is 10.2 Å². The Morgan fingerprint density at radius 1 is 1.08 bits per heavy atom. The molecular weight excluding hydrogens is 308 g/mol. The number of hydrogen-bond acceptors (Lipinski definition) is 2. The van der Waals surface area contributed by atoms with Crippen LogP contribution in [0.3, 0.4) is 0 Å². The molecule has 2 aromatic carbocycles. The molecule has 0 unspecified atom stereocenters. The molecule has 132 valence electrons. The molecule has 1 heterocycles. The molecule has 2 aromatic rings. The van der Waals surface area contributed by atoms with E-state index in [4.69, 9.17) is 0 Å². The van der Waals surface area contributed by atoms with Crippen molar-refractivity contribution in [2.45, 2.75) is 39.8 Å². The van der Waals surface area contributed by atoms with Gasteiger partial charge in [-0.25, -0.2) is 0 Å². The number of amides is 1. The van der Waals surface area contributed by atoms with Crippen LogP contribution in [0.4, 0.5) is 0 Å². The summed E-state index contributed by atoms with van der Waals surface area (Å²) in [5, 5.41) is 3.11. The summed E-state index contributed by atoms with van der Waals surface area (Å²) in [5.41, 5.74) is 5.15. The Bertz CT molecular complexity index is 717. The molecule has 1 fully saturated rings. The van der Waals surface area contributed by atoms with Gasteiger partial charge in [-0.1, -0.05) is 54.1 Å². The molecule has 3 heteroatoms. The minimum absolute atomic E-state index is 0.151. The lowest BCUT2D eigenvalue weighted by molar-refractivity contribution is -0.126. The molecule has 0 saturated carbocycles. The molecular formula is C22H28N2O. The molecule has 0 aliphatic carbocycles. The second-order valence-electron chi connectivity index (χ2n) is 7.18. The highest BCUT2D eigenvalue weighted by Crippen LogP contribution is 2.20. The number of piperidine rings is 1. The average molecular weight is 336 g/mol. The summed E-state index contributed by atoms with van der Waals surface area (Å²) in [6.45, 7) is 7.86. The maximum atomic E-state index is 12.4. The minimum Gasteiger partial charge on any atom is -0.352 e. The van der Waals surface area contributed by atoms with Crippen molar-refractivity contribution in [3.8, 4) is 0 Å². The first-order valence-electron chi connectivity index (χ1n) is 9.22. The highest BCUT2D eigenvalue weighted by Gasteiger charge is 2.24. The number of nitrogens with zero attached hydrogens (tertiary/aromatic N) is 1. The van der Waals surface area contributed by atoms with E-state index in [1.54, 1.807) is 0 Å². The first-order chi connectivity index (χ1) is 12.1. The standard InChI is InChI=1S/C22H28N2O/c1-17-6-5-8-19(14-17)15-23-22(25)20-10-12-24(13-11-20)16-21-9-4-3-7-18(21)2/h3-9,14,20H,10-13,15-16H2,1-2H3,(H,23,25). The first-order valence-corrected chi connectivity index (χ1v) is 9.22. The normalized spacial score (nSPS) is 15.9. The Morgan fingerprint density at radius 3 is 2.56 bits per heavy atom. The third-order valence-corrected chi connectivity index (χ3v) is 5.16. The van der Waals surface area contributed by atoms with Crippen molar-refractivity contribution >= 4 is 5.91 Å². The van der Waals surface area contributed by atoms with E-state index in [0.29, 0.717) is 6.54 Å². The van der Waals surface area contributed by atoms with Crippen LogP contribution in [0.2, 0.25) is 0 Å². The zero-order valence-electron chi connectivity index (χ0n) is 15.3. The predicted molar refractivity (Wildman–Crippen MR) is 102 cm³/mol. The molecule has 0 radical (unpaired) electrons. The van der Waals surface area contributed by atoms with Gasteiger partial charge in [0.05, 0.1) is 0 Å². The maximum Gasteiger partial charge on any atom is 0.223 e. The Kier molecular flexibility index (Phi) is 5.87. The van der Waals surface area contributed by atoms with Crippen LogP contribution in [-0.4, -0.2) is 23.9 Å². The zero-order valence-corrected chi connectivity index (χ0v) is 15.3. The summed E-state index contributed by atoms with van der Waals surface area (Å²) in [7, 11) is 0. The van der Waals surface area contributed by atoms with Crippen LogP contribution in [0.5, 0.6) is 0 Å². The van der Waals surface area contributed by atoms with E-state index in [2.05, 4.69) is 66.5 Å². The van der Waals surface area contributed by atoms with Crippen molar-refractivity contribution < 1.29 is 4.79 Å². The molecule has 1 saturated heterocycles. The van der Waals surface area contributed by atoms with Crippen LogP contribution < -0.4 is 5.32 Å². The van der Waals surface area contributed by atoms with Crippen molar-refractivity contribution in [2.75, 3.05) is 13.1 Å². The quantitative estimate of drug-likeness (QED) is 0.900. The number of hydrogen-bond donors (Lipinski definition) is 1. The Labute approximate surface area is 151 Å². The van der Waals surface area contributed by atoms with Gasteiger partial charge in [0, 0.05) is 19.0 Å². The summed E-state index contributed by atoms with van der Waals surface area (Å²) in [6, 6.07) is 16.9. The lowest BCUT2D eigenvalue weighted by Crippen LogP contribution is -2.40. The molecule has 1 amide bonds. The number of rotatable bonds is 5. The highest BCUT2D eigenvalue weighted by atomic mass is 16.1.